The minimum atomic E-state index is -2.90. The first-order valence-electron chi connectivity index (χ1n) is 13.1. The lowest BCUT2D eigenvalue weighted by Gasteiger charge is -2.19. The van der Waals surface area contributed by atoms with Crippen molar-refractivity contribution in [1.82, 2.24) is 19.5 Å². The van der Waals surface area contributed by atoms with Crippen LogP contribution in [-0.2, 0) is 13.8 Å². The third-order valence-electron chi connectivity index (χ3n) is 8.28. The second kappa shape index (κ2) is 8.98. The highest BCUT2D eigenvalue weighted by Crippen LogP contribution is 2.50. The molecule has 13 heteroatoms. The molecule has 6 atom stereocenters. The van der Waals surface area contributed by atoms with Crippen molar-refractivity contribution < 1.29 is 28.9 Å². The van der Waals surface area contributed by atoms with Crippen LogP contribution in [0.4, 0.5) is 5.95 Å². The van der Waals surface area contributed by atoms with Gasteiger partial charge in [0.15, 0.2) is 11.2 Å². The molecule has 5 N–H and O–H groups in total. The number of H-pyrrole nitrogens is 1. The fourth-order valence-corrected chi connectivity index (χ4v) is 6.98. The second-order valence-corrected chi connectivity index (χ2v) is 11.2. The molecule has 12 nitrogen and oxygen atoms in total. The Balaban J connectivity index is 1.19. The standard InChI is InChI=1S/C28H22N5O7P/c34-10-18-17(40-41(37)38)9-19(39-18)33-11-29-24-26(33)31-28(32-27(24)36)30-23-15-7-6-13-5-4-12-2-1-3-14-8-16(25(23)35)22(15)21(13)20(12)14/h1-8,11,17-19,23,25,34-35H,9-10H2,(H2-,30,31,32,36,37,38)/p+1/t17-,18+,19+,23+,25-/m0/s1. The van der Waals surface area contributed by atoms with E-state index >= 15 is 0 Å². The van der Waals surface area contributed by atoms with Crippen molar-refractivity contribution in [3.8, 4) is 0 Å². The number of benzene rings is 4. The van der Waals surface area contributed by atoms with Crippen LogP contribution in [0, 0.1) is 0 Å². The minimum absolute atomic E-state index is 0.0759. The number of nitrogens with one attached hydrogen (secondary N) is 2. The topological polar surface area (TPSA) is 172 Å². The van der Waals surface area contributed by atoms with Crippen LogP contribution < -0.4 is 10.9 Å². The van der Waals surface area contributed by atoms with Gasteiger partial charge in [0.2, 0.25) is 5.95 Å². The van der Waals surface area contributed by atoms with Gasteiger partial charge in [0.1, 0.15) is 24.5 Å². The van der Waals surface area contributed by atoms with E-state index in [1.165, 1.54) is 10.9 Å². The molecule has 0 saturated carbocycles. The molecule has 1 aliphatic heterocycles. The van der Waals surface area contributed by atoms with Crippen molar-refractivity contribution in [1.29, 1.82) is 0 Å². The van der Waals surface area contributed by atoms with Gasteiger partial charge in [0, 0.05) is 11.0 Å². The molecule has 1 aliphatic carbocycles. The Morgan fingerprint density at radius 2 is 1.88 bits per heavy atom. The highest BCUT2D eigenvalue weighted by Gasteiger charge is 2.42. The van der Waals surface area contributed by atoms with Crippen LogP contribution in [0.3, 0.4) is 0 Å². The molecule has 1 saturated heterocycles. The third-order valence-corrected chi connectivity index (χ3v) is 8.73. The van der Waals surface area contributed by atoms with E-state index in [-0.39, 0.29) is 23.5 Å². The number of rotatable bonds is 6. The highest BCUT2D eigenvalue weighted by molar-refractivity contribution is 7.32. The summed E-state index contributed by atoms with van der Waals surface area (Å²) in [6.07, 6.45) is -1.76. The Labute approximate surface area is 231 Å². The lowest BCUT2D eigenvalue weighted by Crippen LogP contribution is -2.25. The summed E-state index contributed by atoms with van der Waals surface area (Å²) in [5.74, 6) is 0.138. The highest BCUT2D eigenvalue weighted by atomic mass is 31.1. The van der Waals surface area contributed by atoms with Gasteiger partial charge >= 0.3 is 8.25 Å². The summed E-state index contributed by atoms with van der Waals surface area (Å²) in [6, 6.07) is 15.8. The maximum Gasteiger partial charge on any atom is 0.695 e. The molecular formula is C28H23N5O7P+. The lowest BCUT2D eigenvalue weighted by atomic mass is 9.91. The van der Waals surface area contributed by atoms with Crippen molar-refractivity contribution in [2.75, 3.05) is 11.9 Å². The summed E-state index contributed by atoms with van der Waals surface area (Å²) in [6.45, 7) is -0.419. The van der Waals surface area contributed by atoms with Crippen LogP contribution >= 0.6 is 8.25 Å². The first-order chi connectivity index (χ1) is 19.9. The van der Waals surface area contributed by atoms with Gasteiger partial charge in [-0.2, -0.15) is 4.98 Å². The van der Waals surface area contributed by atoms with E-state index in [4.69, 9.17) is 9.26 Å². The number of fused-ring (bicyclic) bond motifs is 1. The predicted molar refractivity (Wildman–Crippen MR) is 150 cm³/mol. The number of aromatic amines is 1. The number of imidazole rings is 1. The van der Waals surface area contributed by atoms with Gasteiger partial charge in [0.25, 0.3) is 5.56 Å². The van der Waals surface area contributed by atoms with E-state index < -0.39 is 51.0 Å². The fourth-order valence-electron chi connectivity index (χ4n) is 6.52. The molecule has 41 heavy (non-hydrogen) atoms. The number of hydrogen-bond acceptors (Lipinski definition) is 9. The van der Waals surface area contributed by atoms with E-state index in [9.17, 15) is 24.5 Å². The average molecular weight is 572 g/mol. The van der Waals surface area contributed by atoms with Gasteiger partial charge in [-0.25, -0.2) is 4.98 Å². The van der Waals surface area contributed by atoms with E-state index in [0.29, 0.717) is 0 Å². The number of anilines is 1. The molecule has 8 rings (SSSR count). The number of aliphatic hydroxyl groups excluding tert-OH is 2. The summed E-state index contributed by atoms with van der Waals surface area (Å²) in [4.78, 5) is 33.7. The number of hydrogen-bond donors (Lipinski definition) is 5. The van der Waals surface area contributed by atoms with E-state index in [2.05, 4.69) is 38.5 Å². The summed E-state index contributed by atoms with van der Waals surface area (Å²) in [5, 5.41) is 31.0. The summed E-state index contributed by atoms with van der Waals surface area (Å²) in [5.41, 5.74) is 1.52. The number of ether oxygens (including phenoxy) is 1. The molecule has 1 fully saturated rings. The number of aromatic nitrogens is 4. The molecule has 3 heterocycles. The first-order valence-corrected chi connectivity index (χ1v) is 14.3. The molecule has 4 aromatic carbocycles. The molecule has 206 valence electrons. The molecule has 2 aromatic heterocycles. The van der Waals surface area contributed by atoms with E-state index in [1.54, 1.807) is 0 Å². The van der Waals surface area contributed by atoms with Crippen molar-refractivity contribution in [3.63, 3.8) is 0 Å². The Morgan fingerprint density at radius 1 is 1.10 bits per heavy atom. The first kappa shape index (κ1) is 24.7. The predicted octanol–water partition coefficient (Wildman–Crippen LogP) is 3.53. The minimum Gasteiger partial charge on any atom is -0.394 e. The average Bonchev–Trinajstić information content (AvgIpc) is 3.64. The zero-order valence-corrected chi connectivity index (χ0v) is 22.2. The molecule has 1 unspecified atom stereocenters. The molecule has 2 aliphatic rings. The second-order valence-electron chi connectivity index (χ2n) is 10.5. The summed E-state index contributed by atoms with van der Waals surface area (Å²) >= 11 is 0. The summed E-state index contributed by atoms with van der Waals surface area (Å²) < 4.78 is 23.6. The summed E-state index contributed by atoms with van der Waals surface area (Å²) in [7, 11) is -2.90. The van der Waals surface area contributed by atoms with Gasteiger partial charge in [-0.1, -0.05) is 42.5 Å². The van der Waals surface area contributed by atoms with E-state index in [1.807, 2.05) is 30.3 Å². The fraction of sp³-hybridized carbons (Fsp3) is 0.250. The SMILES string of the molecule is O=c1[nH]c(N[C@@H]2c3ccc4ccc5cccc6cc(c3c4c56)[C@@H]2O)nc2c1ncn2[C@H]1C[C@H](O[P+](=O)O)[C@@H](CO)O1. The largest absolute Gasteiger partial charge is 0.695 e. The molecule has 0 amide bonds. The van der Waals surface area contributed by atoms with Crippen LogP contribution in [0.2, 0.25) is 0 Å². The van der Waals surface area contributed by atoms with E-state index in [0.717, 1.165) is 43.4 Å². The Bertz CT molecular complexity index is 2080. The molecular weight excluding hydrogens is 549 g/mol. The number of nitrogens with zero attached hydrogens (tertiary/aromatic N) is 3. The molecule has 0 bridgehead atoms. The monoisotopic (exact) mass is 572 g/mol. The van der Waals surface area contributed by atoms with Gasteiger partial charge in [-0.3, -0.25) is 14.3 Å². The Morgan fingerprint density at radius 3 is 2.68 bits per heavy atom. The van der Waals surface area contributed by atoms with Gasteiger partial charge in [-0.15, -0.1) is 9.42 Å². The third kappa shape index (κ3) is 3.63. The van der Waals surface area contributed by atoms with Crippen molar-refractivity contribution >= 4 is 57.7 Å². The maximum atomic E-state index is 13.0. The van der Waals surface area contributed by atoms with Crippen molar-refractivity contribution in [2.24, 2.45) is 0 Å². The number of aliphatic hydroxyl groups is 2. The van der Waals surface area contributed by atoms with Crippen LogP contribution in [-0.4, -0.2) is 53.4 Å². The Hall–Kier alpha value is -4.03. The zero-order valence-electron chi connectivity index (χ0n) is 21.3. The van der Waals surface area contributed by atoms with Gasteiger partial charge in [0.05, 0.1) is 19.0 Å². The van der Waals surface area contributed by atoms with Gasteiger partial charge < -0.3 is 20.3 Å². The Kier molecular flexibility index (Phi) is 5.42. The van der Waals surface area contributed by atoms with Crippen LogP contribution in [0.1, 0.15) is 35.9 Å². The van der Waals surface area contributed by atoms with Crippen LogP contribution in [0.15, 0.2) is 59.7 Å². The lowest BCUT2D eigenvalue weighted by molar-refractivity contribution is -0.0394. The smallest absolute Gasteiger partial charge is 0.394 e. The van der Waals surface area contributed by atoms with Crippen molar-refractivity contribution in [2.45, 2.75) is 37.0 Å². The van der Waals surface area contributed by atoms with Crippen LogP contribution in [0.5, 0.6) is 0 Å². The van der Waals surface area contributed by atoms with Crippen LogP contribution in [0.25, 0.3) is 43.5 Å². The normalized spacial score (nSPS) is 24.4. The molecule has 6 aromatic rings. The molecule has 0 radical (unpaired) electrons. The maximum absolute atomic E-state index is 13.0. The quantitative estimate of drug-likeness (QED) is 0.147. The zero-order chi connectivity index (χ0) is 28.0. The van der Waals surface area contributed by atoms with Crippen molar-refractivity contribution in [3.05, 3.63) is 76.3 Å². The van der Waals surface area contributed by atoms with Gasteiger partial charge in [-0.05, 0) is 49.5 Å². The molecule has 0 spiro atoms.